The molecular formula is C19H17NO4S. The number of nitrogens with zero attached hydrogens (tertiary/aromatic N) is 1. The smallest absolute Gasteiger partial charge is 0.336 e. The Kier molecular flexibility index (Phi) is 4.05. The van der Waals surface area contributed by atoms with Crippen LogP contribution in [0.1, 0.15) is 16.0 Å². The van der Waals surface area contributed by atoms with Crippen molar-refractivity contribution < 1.29 is 13.9 Å². The molecule has 0 bridgehead atoms. The third kappa shape index (κ3) is 3.17. The lowest BCUT2D eigenvalue weighted by Gasteiger charge is -2.27. The van der Waals surface area contributed by atoms with Gasteiger partial charge in [0, 0.05) is 35.5 Å². The van der Waals surface area contributed by atoms with Gasteiger partial charge in [-0.3, -0.25) is 4.79 Å². The Balaban J connectivity index is 1.45. The van der Waals surface area contributed by atoms with E-state index in [1.165, 1.54) is 16.5 Å². The van der Waals surface area contributed by atoms with E-state index in [0.717, 1.165) is 23.9 Å². The Bertz CT molecular complexity index is 1000. The zero-order chi connectivity index (χ0) is 17.4. The van der Waals surface area contributed by atoms with Gasteiger partial charge >= 0.3 is 5.63 Å². The van der Waals surface area contributed by atoms with Gasteiger partial charge in [-0.05, 0) is 48.1 Å². The van der Waals surface area contributed by atoms with Crippen LogP contribution in [0.3, 0.4) is 0 Å². The molecule has 2 aromatic heterocycles. The van der Waals surface area contributed by atoms with Crippen LogP contribution in [0.4, 0.5) is 0 Å². The van der Waals surface area contributed by atoms with Crippen molar-refractivity contribution in [1.82, 2.24) is 4.90 Å². The Hall–Kier alpha value is -2.60. The Morgan fingerprint density at radius 1 is 1.32 bits per heavy atom. The van der Waals surface area contributed by atoms with Gasteiger partial charge in [-0.2, -0.15) is 0 Å². The second-order valence-electron chi connectivity index (χ2n) is 6.13. The van der Waals surface area contributed by atoms with Crippen molar-refractivity contribution in [3.63, 3.8) is 0 Å². The predicted molar refractivity (Wildman–Crippen MR) is 96.2 cm³/mol. The highest BCUT2D eigenvalue weighted by atomic mass is 32.1. The summed E-state index contributed by atoms with van der Waals surface area (Å²) in [5.74, 6) is 0.477. The lowest BCUT2D eigenvalue weighted by Crippen LogP contribution is -2.38. The number of benzene rings is 1. The minimum Gasteiger partial charge on any atom is -0.484 e. The number of hydrogen-bond donors (Lipinski definition) is 0. The van der Waals surface area contributed by atoms with E-state index in [9.17, 15) is 9.59 Å². The number of thiophene rings is 1. The average molecular weight is 355 g/mol. The standard InChI is InChI=1S/C19H17NO4S/c1-12-8-19(22)24-16-9-14(2-3-15(12)16)23-11-18(21)20-6-4-17-13(10-20)5-7-25-17/h2-3,5,7-9H,4,6,10-11H2,1H3. The number of amides is 1. The van der Waals surface area contributed by atoms with Crippen LogP contribution in [-0.4, -0.2) is 24.0 Å². The van der Waals surface area contributed by atoms with Crippen molar-refractivity contribution in [2.75, 3.05) is 13.2 Å². The van der Waals surface area contributed by atoms with Crippen LogP contribution in [0.5, 0.6) is 5.75 Å². The Morgan fingerprint density at radius 2 is 2.20 bits per heavy atom. The van der Waals surface area contributed by atoms with Crippen LogP contribution in [0.25, 0.3) is 11.0 Å². The SMILES string of the molecule is Cc1cc(=O)oc2cc(OCC(=O)N3CCc4sccc4C3)ccc12. The summed E-state index contributed by atoms with van der Waals surface area (Å²) in [5.41, 5.74) is 2.16. The molecule has 128 valence electrons. The number of ether oxygens (including phenoxy) is 1. The molecule has 0 fully saturated rings. The average Bonchev–Trinajstić information content (AvgIpc) is 3.06. The first-order valence-corrected chi connectivity index (χ1v) is 8.98. The van der Waals surface area contributed by atoms with Crippen molar-refractivity contribution >= 4 is 28.2 Å². The molecule has 0 spiro atoms. The first kappa shape index (κ1) is 15.9. The summed E-state index contributed by atoms with van der Waals surface area (Å²) in [5, 5.41) is 2.93. The van der Waals surface area contributed by atoms with E-state index in [-0.39, 0.29) is 12.5 Å². The van der Waals surface area contributed by atoms with E-state index >= 15 is 0 Å². The minimum atomic E-state index is -0.391. The lowest BCUT2D eigenvalue weighted by atomic mass is 10.1. The summed E-state index contributed by atoms with van der Waals surface area (Å²) in [4.78, 5) is 27.1. The highest BCUT2D eigenvalue weighted by Gasteiger charge is 2.21. The van der Waals surface area contributed by atoms with E-state index in [1.54, 1.807) is 23.5 Å². The highest BCUT2D eigenvalue weighted by Crippen LogP contribution is 2.25. The molecule has 0 saturated carbocycles. The van der Waals surface area contributed by atoms with Crippen LogP contribution in [0, 0.1) is 6.92 Å². The van der Waals surface area contributed by atoms with Crippen molar-refractivity contribution in [3.8, 4) is 5.75 Å². The van der Waals surface area contributed by atoms with Gasteiger partial charge in [0.15, 0.2) is 6.61 Å². The number of rotatable bonds is 3. The normalized spacial score (nSPS) is 13.7. The quantitative estimate of drug-likeness (QED) is 0.677. The topological polar surface area (TPSA) is 59.8 Å². The Labute approximate surface area is 148 Å². The molecule has 3 aromatic rings. The van der Waals surface area contributed by atoms with Crippen LogP contribution >= 0.6 is 11.3 Å². The maximum Gasteiger partial charge on any atom is 0.336 e. The van der Waals surface area contributed by atoms with E-state index in [4.69, 9.17) is 9.15 Å². The van der Waals surface area contributed by atoms with E-state index in [2.05, 4.69) is 11.4 Å². The monoisotopic (exact) mass is 355 g/mol. The molecule has 5 nitrogen and oxygen atoms in total. The summed E-state index contributed by atoms with van der Waals surface area (Å²) >= 11 is 1.75. The minimum absolute atomic E-state index is 0.0268. The van der Waals surface area contributed by atoms with E-state index < -0.39 is 5.63 Å². The summed E-state index contributed by atoms with van der Waals surface area (Å²) in [6, 6.07) is 8.82. The molecule has 1 aliphatic rings. The van der Waals surface area contributed by atoms with Crippen molar-refractivity contribution in [3.05, 3.63) is 62.1 Å². The predicted octanol–water partition coefficient (Wildman–Crippen LogP) is 3.13. The fourth-order valence-electron chi connectivity index (χ4n) is 3.09. The van der Waals surface area contributed by atoms with Gasteiger partial charge < -0.3 is 14.1 Å². The molecule has 6 heteroatoms. The van der Waals surface area contributed by atoms with Crippen molar-refractivity contribution in [2.24, 2.45) is 0 Å². The third-order valence-electron chi connectivity index (χ3n) is 4.45. The zero-order valence-corrected chi connectivity index (χ0v) is 14.6. The molecule has 1 amide bonds. The summed E-state index contributed by atoms with van der Waals surface area (Å²) in [6.45, 7) is 3.20. The molecule has 0 saturated heterocycles. The number of carbonyl (C=O) groups is 1. The third-order valence-corrected chi connectivity index (χ3v) is 5.47. The first-order chi connectivity index (χ1) is 12.1. The van der Waals surface area contributed by atoms with Gasteiger partial charge in [0.25, 0.3) is 5.91 Å². The summed E-state index contributed by atoms with van der Waals surface area (Å²) in [6.07, 6.45) is 0.902. The second kappa shape index (κ2) is 6.37. The highest BCUT2D eigenvalue weighted by molar-refractivity contribution is 7.10. The second-order valence-corrected chi connectivity index (χ2v) is 7.13. The molecule has 0 atom stereocenters. The molecular weight excluding hydrogens is 338 g/mol. The molecule has 0 unspecified atom stereocenters. The fraction of sp³-hybridized carbons (Fsp3) is 0.263. The van der Waals surface area contributed by atoms with Crippen molar-refractivity contribution in [1.29, 1.82) is 0 Å². The molecule has 4 rings (SSSR count). The number of fused-ring (bicyclic) bond motifs is 2. The van der Waals surface area contributed by atoms with Crippen LogP contribution < -0.4 is 10.4 Å². The summed E-state index contributed by atoms with van der Waals surface area (Å²) < 4.78 is 10.8. The fourth-order valence-corrected chi connectivity index (χ4v) is 3.98. The number of carbonyl (C=O) groups excluding carboxylic acids is 1. The molecule has 1 aliphatic heterocycles. The van der Waals surface area contributed by atoms with Gasteiger partial charge in [-0.15, -0.1) is 11.3 Å². The summed E-state index contributed by atoms with van der Waals surface area (Å²) in [7, 11) is 0. The van der Waals surface area contributed by atoms with Gasteiger partial charge in [0.2, 0.25) is 0 Å². The Morgan fingerprint density at radius 3 is 3.08 bits per heavy atom. The zero-order valence-electron chi connectivity index (χ0n) is 13.8. The van der Waals surface area contributed by atoms with Crippen LogP contribution in [-0.2, 0) is 17.8 Å². The molecule has 0 radical (unpaired) electrons. The van der Waals surface area contributed by atoms with Crippen molar-refractivity contribution in [2.45, 2.75) is 19.9 Å². The maximum atomic E-state index is 12.4. The van der Waals surface area contributed by atoms with Crippen LogP contribution in [0.2, 0.25) is 0 Å². The molecule has 3 heterocycles. The maximum absolute atomic E-state index is 12.4. The van der Waals surface area contributed by atoms with Gasteiger partial charge in [0.1, 0.15) is 11.3 Å². The van der Waals surface area contributed by atoms with E-state index in [1.807, 2.05) is 17.9 Å². The lowest BCUT2D eigenvalue weighted by molar-refractivity contribution is -0.134. The molecule has 0 aliphatic carbocycles. The molecule has 1 aromatic carbocycles. The van der Waals surface area contributed by atoms with Gasteiger partial charge in [-0.25, -0.2) is 4.79 Å². The van der Waals surface area contributed by atoms with Gasteiger partial charge in [-0.1, -0.05) is 0 Å². The van der Waals surface area contributed by atoms with Gasteiger partial charge in [0.05, 0.1) is 0 Å². The molecule has 0 N–H and O–H groups in total. The first-order valence-electron chi connectivity index (χ1n) is 8.10. The van der Waals surface area contributed by atoms with Crippen LogP contribution in [0.15, 0.2) is 44.9 Å². The molecule has 25 heavy (non-hydrogen) atoms. The van der Waals surface area contributed by atoms with E-state index in [0.29, 0.717) is 17.9 Å². The largest absolute Gasteiger partial charge is 0.484 e. The number of hydrogen-bond acceptors (Lipinski definition) is 5. The number of aryl methyl sites for hydroxylation is 1.